The van der Waals surface area contributed by atoms with E-state index in [-0.39, 0.29) is 23.0 Å². The Kier molecular flexibility index (Phi) is 7.54. The highest BCUT2D eigenvalue weighted by atomic mass is 35.5. The summed E-state index contributed by atoms with van der Waals surface area (Å²) in [7, 11) is -3.99. The molecule has 4 heterocycles. The minimum absolute atomic E-state index is 0.00511. The SMILES string of the molecule is O=c1c(Cl)c(NC[C@H]2CCCOC2)cnn1[C@H]1CCN(S(=O)(=O)c2ccc(Cl)cn2)C[C@@H]1F. The van der Waals surface area contributed by atoms with Crippen LogP contribution in [0.1, 0.15) is 25.3 Å². The largest absolute Gasteiger partial charge is 0.382 e. The maximum Gasteiger partial charge on any atom is 0.288 e. The minimum atomic E-state index is -3.99. The lowest BCUT2D eigenvalue weighted by molar-refractivity contribution is 0.0595. The van der Waals surface area contributed by atoms with Crippen LogP contribution in [0, 0.1) is 5.92 Å². The first-order valence-corrected chi connectivity index (χ1v) is 12.8. The number of sulfonamides is 1. The van der Waals surface area contributed by atoms with Crippen LogP contribution in [0.5, 0.6) is 0 Å². The smallest absolute Gasteiger partial charge is 0.288 e. The summed E-state index contributed by atoms with van der Waals surface area (Å²) >= 11 is 12.0. The van der Waals surface area contributed by atoms with Gasteiger partial charge in [-0.25, -0.2) is 22.5 Å². The van der Waals surface area contributed by atoms with E-state index >= 15 is 4.39 Å². The van der Waals surface area contributed by atoms with Crippen molar-refractivity contribution in [3.63, 3.8) is 0 Å². The third kappa shape index (κ3) is 5.32. The molecule has 1 N–H and O–H groups in total. The first-order valence-electron chi connectivity index (χ1n) is 10.6. The van der Waals surface area contributed by atoms with Gasteiger partial charge in [-0.2, -0.15) is 9.40 Å². The second kappa shape index (κ2) is 10.2. The van der Waals surface area contributed by atoms with Crippen molar-refractivity contribution in [2.45, 2.75) is 36.5 Å². The lowest BCUT2D eigenvalue weighted by Gasteiger charge is -2.34. The van der Waals surface area contributed by atoms with E-state index in [1.165, 1.54) is 24.5 Å². The number of nitrogens with zero attached hydrogens (tertiary/aromatic N) is 4. The Hall–Kier alpha value is -1.79. The van der Waals surface area contributed by atoms with Gasteiger partial charge in [0, 0.05) is 32.4 Å². The van der Waals surface area contributed by atoms with E-state index in [1.54, 1.807) is 0 Å². The predicted octanol–water partition coefficient (Wildman–Crippen LogP) is 2.76. The molecule has 2 aliphatic heterocycles. The molecule has 33 heavy (non-hydrogen) atoms. The van der Waals surface area contributed by atoms with Crippen LogP contribution >= 0.6 is 23.2 Å². The Morgan fingerprint density at radius 1 is 1.24 bits per heavy atom. The molecule has 0 unspecified atom stereocenters. The average Bonchev–Trinajstić information content (AvgIpc) is 2.81. The molecule has 13 heteroatoms. The molecule has 0 saturated carbocycles. The van der Waals surface area contributed by atoms with Crippen molar-refractivity contribution in [3.8, 4) is 0 Å². The number of halogens is 3. The van der Waals surface area contributed by atoms with Gasteiger partial charge in [0.1, 0.15) is 11.2 Å². The molecular weight excluding hydrogens is 496 g/mol. The first kappa shape index (κ1) is 24.3. The molecule has 9 nitrogen and oxygen atoms in total. The van der Waals surface area contributed by atoms with Gasteiger partial charge >= 0.3 is 0 Å². The molecule has 180 valence electrons. The number of hydrogen-bond donors (Lipinski definition) is 1. The number of pyridine rings is 1. The van der Waals surface area contributed by atoms with Crippen molar-refractivity contribution < 1.29 is 17.5 Å². The van der Waals surface area contributed by atoms with Crippen LogP contribution in [0.2, 0.25) is 10.0 Å². The number of aromatic nitrogens is 3. The summed E-state index contributed by atoms with van der Waals surface area (Å²) in [5, 5.41) is 7.26. The van der Waals surface area contributed by atoms with Crippen LogP contribution in [0.25, 0.3) is 0 Å². The minimum Gasteiger partial charge on any atom is -0.382 e. The van der Waals surface area contributed by atoms with Gasteiger partial charge in [0.15, 0.2) is 5.03 Å². The van der Waals surface area contributed by atoms with Gasteiger partial charge in [0.2, 0.25) is 0 Å². The number of rotatable bonds is 6. The molecule has 2 aromatic rings. The van der Waals surface area contributed by atoms with E-state index in [0.717, 1.165) is 28.4 Å². The molecule has 3 atom stereocenters. The molecule has 2 aromatic heterocycles. The van der Waals surface area contributed by atoms with E-state index in [1.807, 2.05) is 0 Å². The molecule has 0 aromatic carbocycles. The van der Waals surface area contributed by atoms with Crippen LogP contribution in [-0.4, -0.2) is 66.5 Å². The highest BCUT2D eigenvalue weighted by molar-refractivity contribution is 7.89. The van der Waals surface area contributed by atoms with Crippen LogP contribution in [0.4, 0.5) is 10.1 Å². The van der Waals surface area contributed by atoms with E-state index in [9.17, 15) is 13.2 Å². The molecule has 0 amide bonds. The van der Waals surface area contributed by atoms with Crippen molar-refractivity contribution in [3.05, 3.63) is 44.9 Å². The fourth-order valence-corrected chi connectivity index (χ4v) is 5.72. The Labute approximate surface area is 200 Å². The summed E-state index contributed by atoms with van der Waals surface area (Å²) in [5.41, 5.74) is -0.238. The van der Waals surface area contributed by atoms with Crippen molar-refractivity contribution in [1.82, 2.24) is 19.1 Å². The zero-order valence-corrected chi connectivity index (χ0v) is 20.0. The Morgan fingerprint density at radius 2 is 2.06 bits per heavy atom. The highest BCUT2D eigenvalue weighted by Gasteiger charge is 2.38. The summed E-state index contributed by atoms with van der Waals surface area (Å²) in [6.45, 7) is 1.57. The Bertz CT molecular complexity index is 1140. The second-order valence-corrected chi connectivity index (χ2v) is 10.8. The average molecular weight is 520 g/mol. The van der Waals surface area contributed by atoms with Gasteiger partial charge in [0.25, 0.3) is 15.6 Å². The topological polar surface area (TPSA) is 106 Å². The first-order chi connectivity index (χ1) is 15.8. The number of ether oxygens (including phenoxy) is 1. The number of hydrogen-bond acceptors (Lipinski definition) is 7. The normalized spacial score (nSPS) is 24.5. The standard InChI is InChI=1S/C20H24Cl2FN5O4S/c21-14-3-4-18(25-9-14)33(30,31)27-6-5-17(15(23)11-27)28-20(29)19(22)16(10-26-28)24-8-13-2-1-7-32-12-13/h3-4,9-10,13,15,17,24H,1-2,5-8,11-12H2/t13-,15+,17+/m1/s1. The van der Waals surface area contributed by atoms with E-state index in [2.05, 4.69) is 15.4 Å². The van der Waals surface area contributed by atoms with Crippen molar-refractivity contribution in [2.75, 3.05) is 38.2 Å². The van der Waals surface area contributed by atoms with Crippen LogP contribution < -0.4 is 10.9 Å². The van der Waals surface area contributed by atoms with E-state index < -0.39 is 34.3 Å². The van der Waals surface area contributed by atoms with Gasteiger partial charge in [0.05, 0.1) is 29.6 Å². The molecular formula is C20H24Cl2FN5O4S. The predicted molar refractivity (Wildman–Crippen MR) is 122 cm³/mol. The van der Waals surface area contributed by atoms with Gasteiger partial charge in [-0.3, -0.25) is 4.79 Å². The van der Waals surface area contributed by atoms with Gasteiger partial charge in [-0.15, -0.1) is 0 Å². The Balaban J connectivity index is 1.45. The maximum absolute atomic E-state index is 15.1. The molecule has 2 aliphatic rings. The van der Waals surface area contributed by atoms with Gasteiger partial charge in [-0.05, 0) is 37.3 Å². The summed E-state index contributed by atoms with van der Waals surface area (Å²) in [6.07, 6.45) is 3.03. The summed E-state index contributed by atoms with van der Waals surface area (Å²) in [5.74, 6) is 0.314. The van der Waals surface area contributed by atoms with Crippen LogP contribution in [-0.2, 0) is 14.8 Å². The molecule has 0 radical (unpaired) electrons. The zero-order chi connectivity index (χ0) is 23.6. The van der Waals surface area contributed by atoms with E-state index in [4.69, 9.17) is 27.9 Å². The molecule has 2 fully saturated rings. The van der Waals surface area contributed by atoms with Gasteiger partial charge < -0.3 is 10.1 Å². The molecule has 4 rings (SSSR count). The highest BCUT2D eigenvalue weighted by Crippen LogP contribution is 2.29. The number of piperidine rings is 1. The summed E-state index contributed by atoms with van der Waals surface area (Å²) < 4.78 is 48.1. The number of anilines is 1. The van der Waals surface area contributed by atoms with Crippen molar-refractivity contribution in [1.29, 1.82) is 0 Å². The maximum atomic E-state index is 15.1. The van der Waals surface area contributed by atoms with Crippen LogP contribution in [0.15, 0.2) is 34.3 Å². The fourth-order valence-electron chi connectivity index (χ4n) is 4.03. The number of nitrogens with one attached hydrogen (secondary N) is 1. The quantitative estimate of drug-likeness (QED) is 0.625. The third-order valence-corrected chi connectivity index (χ3v) is 8.24. The monoisotopic (exact) mass is 519 g/mol. The molecule has 0 aliphatic carbocycles. The van der Waals surface area contributed by atoms with Crippen molar-refractivity contribution in [2.24, 2.45) is 5.92 Å². The summed E-state index contributed by atoms with van der Waals surface area (Å²) in [6, 6.07) is 1.75. The summed E-state index contributed by atoms with van der Waals surface area (Å²) in [4.78, 5) is 16.6. The molecule has 2 saturated heterocycles. The zero-order valence-electron chi connectivity index (χ0n) is 17.7. The van der Waals surface area contributed by atoms with Gasteiger partial charge in [-0.1, -0.05) is 23.2 Å². The lowest BCUT2D eigenvalue weighted by atomic mass is 10.0. The Morgan fingerprint density at radius 3 is 2.73 bits per heavy atom. The lowest BCUT2D eigenvalue weighted by Crippen LogP contribution is -2.48. The number of alkyl halides is 1. The molecule has 0 bridgehead atoms. The van der Waals surface area contributed by atoms with Crippen LogP contribution in [0.3, 0.4) is 0 Å². The second-order valence-electron chi connectivity index (χ2n) is 8.14. The van der Waals surface area contributed by atoms with E-state index in [0.29, 0.717) is 29.8 Å². The fraction of sp³-hybridized carbons (Fsp3) is 0.550. The van der Waals surface area contributed by atoms with Crippen molar-refractivity contribution >= 4 is 38.9 Å². The molecule has 0 spiro atoms. The third-order valence-electron chi connectivity index (χ3n) is 5.87.